The molecule has 0 amide bonds. The van der Waals surface area contributed by atoms with Gasteiger partial charge in [0.25, 0.3) is 0 Å². The molecule has 1 saturated heterocycles. The monoisotopic (exact) mass is 432 g/mol. The largest absolute Gasteiger partial charge is 0.507 e. The lowest BCUT2D eigenvalue weighted by Gasteiger charge is -2.33. The number of hydrogen-bond donors (Lipinski definition) is 7. The third-order valence-electron chi connectivity index (χ3n) is 5.36. The van der Waals surface area contributed by atoms with E-state index in [1.54, 1.807) is 0 Å². The molecular weight excluding hydrogens is 412 g/mol. The highest BCUT2D eigenvalue weighted by atomic mass is 16.5. The van der Waals surface area contributed by atoms with Crippen LogP contribution < -0.4 is 5.43 Å². The molecule has 0 aliphatic carbocycles. The summed E-state index contributed by atoms with van der Waals surface area (Å²) in [6.07, 6.45) is -2.16. The van der Waals surface area contributed by atoms with Crippen molar-refractivity contribution in [3.05, 3.63) is 40.1 Å². The number of ether oxygens (including phenoxy) is 1. The SMILES string of the molecule is O=c1cc(-c2cc(O)c(O)c(O)c2)oc2cc(O)c(C3CCC(O)[C@@H](CO)O3)c(O)c12. The number of fused-ring (bicyclic) bond motifs is 1. The summed E-state index contributed by atoms with van der Waals surface area (Å²) in [7, 11) is 0. The van der Waals surface area contributed by atoms with Gasteiger partial charge in [0.1, 0.15) is 34.3 Å². The minimum absolute atomic E-state index is 0.0576. The summed E-state index contributed by atoms with van der Waals surface area (Å²) in [6.45, 7) is -0.454. The molecule has 0 bridgehead atoms. The maximum absolute atomic E-state index is 12.8. The first-order chi connectivity index (χ1) is 14.7. The molecule has 0 spiro atoms. The van der Waals surface area contributed by atoms with E-state index in [4.69, 9.17) is 9.15 Å². The zero-order valence-electron chi connectivity index (χ0n) is 16.0. The molecular formula is C21H20O10. The van der Waals surface area contributed by atoms with Crippen molar-refractivity contribution in [1.82, 2.24) is 0 Å². The highest BCUT2D eigenvalue weighted by molar-refractivity contribution is 5.88. The second-order valence-corrected chi connectivity index (χ2v) is 7.36. The van der Waals surface area contributed by atoms with Gasteiger partial charge >= 0.3 is 0 Å². The minimum Gasteiger partial charge on any atom is -0.507 e. The first kappa shape index (κ1) is 20.8. The standard InChI is InChI=1S/C21H20O10/c22-7-17-9(23)1-2-14(30-17)18-11(25)6-16-19(21(18)29)10(24)5-15(31-16)8-3-12(26)20(28)13(27)4-8/h3-6,9,14,17,22-23,25-29H,1-2,7H2/t9?,14?,17-/m1/s1. The summed E-state index contributed by atoms with van der Waals surface area (Å²) in [5.41, 5.74) is -0.817. The first-order valence-corrected chi connectivity index (χ1v) is 9.43. The Kier molecular flexibility index (Phi) is 5.13. The van der Waals surface area contributed by atoms with Gasteiger partial charge in [-0.15, -0.1) is 0 Å². The Hall–Kier alpha value is -3.47. The van der Waals surface area contributed by atoms with Gasteiger partial charge in [0, 0.05) is 17.7 Å². The molecule has 3 aromatic rings. The van der Waals surface area contributed by atoms with E-state index in [9.17, 15) is 40.5 Å². The van der Waals surface area contributed by atoms with Crippen LogP contribution in [0.4, 0.5) is 0 Å². The number of rotatable bonds is 3. The van der Waals surface area contributed by atoms with Gasteiger partial charge < -0.3 is 44.9 Å². The average molecular weight is 432 g/mol. The van der Waals surface area contributed by atoms with Crippen LogP contribution in [0.3, 0.4) is 0 Å². The maximum Gasteiger partial charge on any atom is 0.200 e. The van der Waals surface area contributed by atoms with E-state index in [-0.39, 0.29) is 40.7 Å². The van der Waals surface area contributed by atoms with Crippen molar-refractivity contribution < 1.29 is 44.9 Å². The average Bonchev–Trinajstić information content (AvgIpc) is 2.72. The van der Waals surface area contributed by atoms with Crippen LogP contribution in [0.2, 0.25) is 0 Å². The molecule has 2 aromatic carbocycles. The molecule has 7 N–H and O–H groups in total. The molecule has 164 valence electrons. The lowest BCUT2D eigenvalue weighted by molar-refractivity contribution is -0.136. The molecule has 1 aliphatic heterocycles. The van der Waals surface area contributed by atoms with Crippen molar-refractivity contribution in [1.29, 1.82) is 0 Å². The fourth-order valence-corrected chi connectivity index (χ4v) is 3.77. The third kappa shape index (κ3) is 3.50. The van der Waals surface area contributed by atoms with E-state index < -0.39 is 59.1 Å². The van der Waals surface area contributed by atoms with E-state index in [1.807, 2.05) is 0 Å². The van der Waals surface area contributed by atoms with Crippen molar-refractivity contribution >= 4 is 11.0 Å². The Labute approximate surface area is 174 Å². The normalized spacial score (nSPS) is 21.4. The van der Waals surface area contributed by atoms with E-state index in [0.717, 1.165) is 24.3 Å². The number of hydrogen-bond acceptors (Lipinski definition) is 10. The summed E-state index contributed by atoms with van der Waals surface area (Å²) in [6, 6.07) is 4.29. The molecule has 4 rings (SSSR count). The van der Waals surface area contributed by atoms with Crippen LogP contribution in [0.5, 0.6) is 28.7 Å². The summed E-state index contributed by atoms with van der Waals surface area (Å²) in [5.74, 6) is -3.05. The Balaban J connectivity index is 1.83. The van der Waals surface area contributed by atoms with Gasteiger partial charge in [-0.05, 0) is 25.0 Å². The molecule has 1 aromatic heterocycles. The molecule has 10 heteroatoms. The predicted molar refractivity (Wildman–Crippen MR) is 106 cm³/mol. The highest BCUT2D eigenvalue weighted by Crippen LogP contribution is 2.45. The summed E-state index contributed by atoms with van der Waals surface area (Å²) >= 11 is 0. The molecule has 2 heterocycles. The number of aromatic hydroxyl groups is 5. The fraction of sp³-hybridized carbons (Fsp3) is 0.286. The molecule has 0 saturated carbocycles. The van der Waals surface area contributed by atoms with Gasteiger partial charge in [-0.1, -0.05) is 0 Å². The van der Waals surface area contributed by atoms with Crippen LogP contribution in [0.1, 0.15) is 24.5 Å². The number of benzene rings is 2. The van der Waals surface area contributed by atoms with Gasteiger partial charge in [-0.3, -0.25) is 4.79 Å². The number of phenolic OH excluding ortho intramolecular Hbond substituents is 5. The lowest BCUT2D eigenvalue weighted by atomic mass is 9.94. The Bertz CT molecular complexity index is 1190. The zero-order chi connectivity index (χ0) is 22.4. The van der Waals surface area contributed by atoms with Crippen LogP contribution in [0.15, 0.2) is 33.5 Å². The van der Waals surface area contributed by atoms with Crippen molar-refractivity contribution in [3.8, 4) is 40.1 Å². The van der Waals surface area contributed by atoms with E-state index in [2.05, 4.69) is 0 Å². The maximum atomic E-state index is 12.8. The minimum atomic E-state index is -0.901. The summed E-state index contributed by atoms with van der Waals surface area (Å²) in [4.78, 5) is 12.8. The van der Waals surface area contributed by atoms with Gasteiger partial charge in [0.05, 0.1) is 24.4 Å². The molecule has 2 unspecified atom stereocenters. The molecule has 1 aliphatic rings. The molecule has 10 nitrogen and oxygen atoms in total. The lowest BCUT2D eigenvalue weighted by Crippen LogP contribution is -2.38. The quantitative estimate of drug-likeness (QED) is 0.300. The molecule has 3 atom stereocenters. The Morgan fingerprint density at radius 3 is 2.23 bits per heavy atom. The zero-order valence-corrected chi connectivity index (χ0v) is 16.0. The summed E-state index contributed by atoms with van der Waals surface area (Å²) in [5, 5.41) is 69.1. The molecule has 31 heavy (non-hydrogen) atoms. The second kappa shape index (κ2) is 7.65. The van der Waals surface area contributed by atoms with Gasteiger partial charge in [-0.25, -0.2) is 0 Å². The number of aliphatic hydroxyl groups excluding tert-OH is 2. The Morgan fingerprint density at radius 2 is 1.58 bits per heavy atom. The molecule has 0 radical (unpaired) electrons. The van der Waals surface area contributed by atoms with Crippen LogP contribution in [0, 0.1) is 0 Å². The third-order valence-corrected chi connectivity index (χ3v) is 5.36. The Morgan fingerprint density at radius 1 is 0.903 bits per heavy atom. The van der Waals surface area contributed by atoms with Crippen LogP contribution in [0.25, 0.3) is 22.3 Å². The smallest absolute Gasteiger partial charge is 0.200 e. The van der Waals surface area contributed by atoms with Crippen molar-refractivity contribution in [3.63, 3.8) is 0 Å². The number of phenols is 5. The van der Waals surface area contributed by atoms with E-state index in [1.165, 1.54) is 0 Å². The van der Waals surface area contributed by atoms with Gasteiger partial charge in [0.15, 0.2) is 22.7 Å². The second-order valence-electron chi connectivity index (χ2n) is 7.36. The topological polar surface area (TPSA) is 181 Å². The summed E-state index contributed by atoms with van der Waals surface area (Å²) < 4.78 is 11.2. The van der Waals surface area contributed by atoms with Gasteiger partial charge in [-0.2, -0.15) is 0 Å². The van der Waals surface area contributed by atoms with Crippen molar-refractivity contribution in [2.24, 2.45) is 0 Å². The van der Waals surface area contributed by atoms with Crippen LogP contribution >= 0.6 is 0 Å². The van der Waals surface area contributed by atoms with E-state index in [0.29, 0.717) is 0 Å². The molecule has 1 fully saturated rings. The van der Waals surface area contributed by atoms with Crippen LogP contribution in [-0.2, 0) is 4.74 Å². The van der Waals surface area contributed by atoms with Crippen molar-refractivity contribution in [2.45, 2.75) is 31.2 Å². The first-order valence-electron chi connectivity index (χ1n) is 9.43. The fourth-order valence-electron chi connectivity index (χ4n) is 3.77. The van der Waals surface area contributed by atoms with Crippen LogP contribution in [-0.4, -0.2) is 54.6 Å². The number of aliphatic hydroxyl groups is 2. The van der Waals surface area contributed by atoms with Gasteiger partial charge in [0.2, 0.25) is 0 Å². The van der Waals surface area contributed by atoms with E-state index >= 15 is 0 Å². The van der Waals surface area contributed by atoms with Crippen molar-refractivity contribution in [2.75, 3.05) is 6.61 Å². The highest BCUT2D eigenvalue weighted by Gasteiger charge is 2.34. The predicted octanol–water partition coefficient (Wildman–Crippen LogP) is 1.56.